The van der Waals surface area contributed by atoms with Crippen molar-refractivity contribution in [2.45, 2.75) is 19.9 Å². The zero-order chi connectivity index (χ0) is 25.3. The number of benzene rings is 3. The number of ether oxygens (including phenoxy) is 1. The predicted molar refractivity (Wildman–Crippen MR) is 130 cm³/mol. The minimum absolute atomic E-state index is 0.125. The van der Waals surface area contributed by atoms with Crippen LogP contribution in [0.2, 0.25) is 0 Å². The van der Waals surface area contributed by atoms with E-state index in [0.717, 1.165) is 0 Å². The molecule has 2 N–H and O–H groups in total. The number of rotatable bonds is 5. The summed E-state index contributed by atoms with van der Waals surface area (Å²) in [6.07, 6.45) is 0. The van der Waals surface area contributed by atoms with E-state index in [0.29, 0.717) is 22.7 Å². The molecule has 3 aromatic rings. The number of hydrogen-bond acceptors (Lipinski definition) is 5. The fourth-order valence-corrected chi connectivity index (χ4v) is 4.08. The van der Waals surface area contributed by atoms with Gasteiger partial charge in [-0.15, -0.1) is 0 Å². The summed E-state index contributed by atoms with van der Waals surface area (Å²) >= 11 is 0. The molecule has 7 nitrogen and oxygen atoms in total. The van der Waals surface area contributed by atoms with Crippen molar-refractivity contribution in [1.82, 2.24) is 0 Å². The molecule has 1 fully saturated rings. The monoisotopic (exact) mass is 474 g/mol. The number of carbonyl (C=O) groups is 3. The number of aryl methyl sites for hydroxylation is 1. The van der Waals surface area contributed by atoms with E-state index in [4.69, 9.17) is 4.74 Å². The molecule has 0 saturated carbocycles. The molecular formula is C27H23FN2O5. The van der Waals surface area contributed by atoms with Crippen LogP contribution in [0.1, 0.15) is 29.7 Å². The largest absolute Gasteiger partial charge is 0.507 e. The molecule has 1 aliphatic heterocycles. The maximum atomic E-state index is 13.8. The molecule has 1 atom stereocenters. The van der Waals surface area contributed by atoms with E-state index >= 15 is 0 Å². The second-order valence-electron chi connectivity index (χ2n) is 8.14. The van der Waals surface area contributed by atoms with Crippen molar-refractivity contribution in [3.05, 3.63) is 94.8 Å². The van der Waals surface area contributed by atoms with E-state index in [2.05, 4.69) is 5.32 Å². The highest BCUT2D eigenvalue weighted by Gasteiger charge is 2.47. The number of aliphatic hydroxyl groups is 1. The second kappa shape index (κ2) is 9.42. The van der Waals surface area contributed by atoms with E-state index in [1.807, 2.05) is 0 Å². The molecule has 35 heavy (non-hydrogen) atoms. The third-order valence-electron chi connectivity index (χ3n) is 5.75. The van der Waals surface area contributed by atoms with Gasteiger partial charge in [-0.05, 0) is 72.6 Å². The molecule has 4 rings (SSSR count). The van der Waals surface area contributed by atoms with Crippen LogP contribution in [0.5, 0.6) is 5.75 Å². The molecule has 0 radical (unpaired) electrons. The Morgan fingerprint density at radius 1 is 1.06 bits per heavy atom. The average Bonchev–Trinajstić information content (AvgIpc) is 3.11. The Balaban J connectivity index is 1.90. The number of aliphatic hydroxyl groups excluding tert-OH is 1. The maximum absolute atomic E-state index is 13.8. The third kappa shape index (κ3) is 4.50. The van der Waals surface area contributed by atoms with Crippen molar-refractivity contribution >= 4 is 34.7 Å². The summed E-state index contributed by atoms with van der Waals surface area (Å²) in [5, 5.41) is 13.8. The molecule has 1 saturated heterocycles. The number of halogens is 1. The Morgan fingerprint density at radius 3 is 2.40 bits per heavy atom. The molecule has 1 heterocycles. The van der Waals surface area contributed by atoms with Crippen LogP contribution in [0.25, 0.3) is 5.76 Å². The van der Waals surface area contributed by atoms with Gasteiger partial charge >= 0.3 is 0 Å². The highest BCUT2D eigenvalue weighted by Crippen LogP contribution is 2.43. The van der Waals surface area contributed by atoms with Crippen molar-refractivity contribution < 1.29 is 28.6 Å². The molecule has 1 unspecified atom stereocenters. The minimum atomic E-state index is -0.970. The molecule has 8 heteroatoms. The summed E-state index contributed by atoms with van der Waals surface area (Å²) in [6, 6.07) is 16.3. The van der Waals surface area contributed by atoms with Crippen molar-refractivity contribution in [1.29, 1.82) is 0 Å². The Kier molecular flexibility index (Phi) is 6.38. The highest BCUT2D eigenvalue weighted by atomic mass is 19.1. The van der Waals surface area contributed by atoms with E-state index in [-0.39, 0.29) is 22.6 Å². The lowest BCUT2D eigenvalue weighted by molar-refractivity contribution is -0.132. The average molecular weight is 474 g/mol. The van der Waals surface area contributed by atoms with Crippen LogP contribution < -0.4 is 15.0 Å². The summed E-state index contributed by atoms with van der Waals surface area (Å²) in [4.78, 5) is 39.1. The summed E-state index contributed by atoms with van der Waals surface area (Å²) in [6.45, 7) is 2.92. The quantitative estimate of drug-likeness (QED) is 0.317. The first-order valence-electron chi connectivity index (χ1n) is 10.8. The van der Waals surface area contributed by atoms with Crippen LogP contribution in [-0.4, -0.2) is 29.8 Å². The van der Waals surface area contributed by atoms with Crippen LogP contribution in [0.4, 0.5) is 15.8 Å². The minimum Gasteiger partial charge on any atom is -0.507 e. The van der Waals surface area contributed by atoms with Crippen molar-refractivity contribution in [3.8, 4) is 5.75 Å². The lowest BCUT2D eigenvalue weighted by Crippen LogP contribution is -2.29. The number of amides is 2. The molecule has 2 amide bonds. The normalized spacial score (nSPS) is 16.9. The van der Waals surface area contributed by atoms with Gasteiger partial charge in [0.15, 0.2) is 0 Å². The van der Waals surface area contributed by atoms with Gasteiger partial charge < -0.3 is 15.2 Å². The molecule has 178 valence electrons. The van der Waals surface area contributed by atoms with Crippen LogP contribution in [0.3, 0.4) is 0 Å². The number of nitrogens with zero attached hydrogens (tertiary/aromatic N) is 1. The molecule has 0 aromatic heterocycles. The van der Waals surface area contributed by atoms with Crippen LogP contribution in [0.15, 0.2) is 72.3 Å². The number of ketones is 1. The Labute approximate surface area is 201 Å². The number of nitrogens with one attached hydrogen (secondary N) is 1. The number of hydrogen-bond donors (Lipinski definition) is 2. The molecule has 0 bridgehead atoms. The fraction of sp³-hybridized carbons (Fsp3) is 0.148. The van der Waals surface area contributed by atoms with Crippen molar-refractivity contribution in [2.75, 3.05) is 17.3 Å². The number of Topliss-reactive ketones (excluding diaryl/α,β-unsaturated/α-hetero) is 1. The van der Waals surface area contributed by atoms with E-state index in [9.17, 15) is 23.9 Å². The maximum Gasteiger partial charge on any atom is 0.300 e. The Hall–Kier alpha value is -4.46. The third-order valence-corrected chi connectivity index (χ3v) is 5.75. The van der Waals surface area contributed by atoms with Crippen LogP contribution in [-0.2, 0) is 14.4 Å². The van der Waals surface area contributed by atoms with Gasteiger partial charge in [-0.1, -0.05) is 12.1 Å². The zero-order valence-electron chi connectivity index (χ0n) is 19.3. The van der Waals surface area contributed by atoms with E-state index < -0.39 is 29.3 Å². The zero-order valence-corrected chi connectivity index (χ0v) is 19.3. The molecule has 0 spiro atoms. The number of methoxy groups -OCH3 is 1. The van der Waals surface area contributed by atoms with Gasteiger partial charge in [0.25, 0.3) is 11.7 Å². The molecule has 1 aliphatic rings. The van der Waals surface area contributed by atoms with Gasteiger partial charge in [0.1, 0.15) is 17.3 Å². The lowest BCUT2D eigenvalue weighted by atomic mass is 9.94. The summed E-state index contributed by atoms with van der Waals surface area (Å²) < 4.78 is 19.2. The fourth-order valence-electron chi connectivity index (χ4n) is 4.08. The molecule has 3 aromatic carbocycles. The van der Waals surface area contributed by atoms with Crippen molar-refractivity contribution in [3.63, 3.8) is 0 Å². The van der Waals surface area contributed by atoms with Gasteiger partial charge in [-0.25, -0.2) is 4.39 Å². The highest BCUT2D eigenvalue weighted by molar-refractivity contribution is 6.51. The first-order valence-corrected chi connectivity index (χ1v) is 10.8. The van der Waals surface area contributed by atoms with Gasteiger partial charge in [-0.3, -0.25) is 19.3 Å². The van der Waals surface area contributed by atoms with E-state index in [1.165, 1.54) is 37.1 Å². The topological polar surface area (TPSA) is 95.9 Å². The summed E-state index contributed by atoms with van der Waals surface area (Å²) in [5.74, 6) is -2.30. The molecular weight excluding hydrogens is 451 g/mol. The van der Waals surface area contributed by atoms with Crippen LogP contribution >= 0.6 is 0 Å². The summed E-state index contributed by atoms with van der Waals surface area (Å²) in [7, 11) is 1.50. The second-order valence-corrected chi connectivity index (χ2v) is 8.14. The standard InChI is InChI=1S/C27H23FN2O5/c1-15-13-18(7-12-22(15)28)25(32)23-24(17-5-4-6-21(14-17)35-3)30(27(34)26(23)33)20-10-8-19(9-11-20)29-16(2)31/h4-14,24,32H,1-3H3,(H,29,31)/b25-23-. The first kappa shape index (κ1) is 23.7. The Bertz CT molecular complexity index is 1360. The SMILES string of the molecule is COc1cccc(C2/C(=C(/O)c3ccc(F)c(C)c3)C(=O)C(=O)N2c2ccc(NC(C)=O)cc2)c1. The summed E-state index contributed by atoms with van der Waals surface area (Å²) in [5.41, 5.74) is 1.83. The van der Waals surface area contributed by atoms with E-state index in [1.54, 1.807) is 55.5 Å². The first-order chi connectivity index (χ1) is 16.7. The number of anilines is 2. The molecule has 0 aliphatic carbocycles. The van der Waals surface area contributed by atoms with Gasteiger partial charge in [0.2, 0.25) is 5.91 Å². The lowest BCUT2D eigenvalue weighted by Gasteiger charge is -2.26. The smallest absolute Gasteiger partial charge is 0.300 e. The Morgan fingerprint density at radius 2 is 1.77 bits per heavy atom. The van der Waals surface area contributed by atoms with Crippen molar-refractivity contribution in [2.24, 2.45) is 0 Å². The predicted octanol–water partition coefficient (Wildman–Crippen LogP) is 4.73. The van der Waals surface area contributed by atoms with Gasteiger partial charge in [0, 0.05) is 23.9 Å². The van der Waals surface area contributed by atoms with Gasteiger partial charge in [0.05, 0.1) is 18.7 Å². The number of carbonyl (C=O) groups excluding carboxylic acids is 3. The van der Waals surface area contributed by atoms with Crippen LogP contribution in [0, 0.1) is 12.7 Å². The van der Waals surface area contributed by atoms with Gasteiger partial charge in [-0.2, -0.15) is 0 Å².